The zero-order valence-electron chi connectivity index (χ0n) is 14.3. The third-order valence-electron chi connectivity index (χ3n) is 4.81. The lowest BCUT2D eigenvalue weighted by molar-refractivity contribution is 0.175. The van der Waals surface area contributed by atoms with Crippen molar-refractivity contribution in [2.75, 3.05) is 19.6 Å². The molecule has 118 valence electrons. The van der Waals surface area contributed by atoms with Gasteiger partial charge < -0.3 is 5.32 Å². The fraction of sp³-hybridized carbons (Fsp3) is 0.684. The lowest BCUT2D eigenvalue weighted by Crippen LogP contribution is -2.44. The molecule has 0 saturated carbocycles. The van der Waals surface area contributed by atoms with Crippen molar-refractivity contribution in [3.63, 3.8) is 0 Å². The minimum absolute atomic E-state index is 0.508. The van der Waals surface area contributed by atoms with Crippen LogP contribution in [-0.4, -0.2) is 30.6 Å². The molecule has 0 amide bonds. The number of nitrogens with one attached hydrogen (secondary N) is 1. The highest BCUT2D eigenvalue weighted by Gasteiger charge is 2.21. The van der Waals surface area contributed by atoms with Gasteiger partial charge in [-0.1, -0.05) is 37.1 Å². The minimum Gasteiger partial charge on any atom is -0.313 e. The van der Waals surface area contributed by atoms with Gasteiger partial charge in [-0.05, 0) is 64.3 Å². The second-order valence-corrected chi connectivity index (χ2v) is 6.68. The summed E-state index contributed by atoms with van der Waals surface area (Å²) in [4.78, 5) is 2.67. The Kier molecular flexibility index (Phi) is 6.25. The molecule has 1 aromatic carbocycles. The quantitative estimate of drug-likeness (QED) is 0.843. The van der Waals surface area contributed by atoms with Crippen molar-refractivity contribution in [3.8, 4) is 0 Å². The highest BCUT2D eigenvalue weighted by molar-refractivity contribution is 5.32. The monoisotopic (exact) mass is 288 g/mol. The Labute approximate surface area is 130 Å². The first kappa shape index (κ1) is 16.5. The van der Waals surface area contributed by atoms with E-state index in [-0.39, 0.29) is 0 Å². The van der Waals surface area contributed by atoms with Gasteiger partial charge in [0.1, 0.15) is 0 Å². The number of benzene rings is 1. The normalized spacial score (nSPS) is 20.7. The molecule has 2 rings (SSSR count). The minimum atomic E-state index is 0.508. The molecule has 0 spiro atoms. The van der Waals surface area contributed by atoms with Gasteiger partial charge in [0.05, 0.1) is 0 Å². The van der Waals surface area contributed by atoms with Crippen LogP contribution in [0, 0.1) is 13.8 Å². The molecule has 1 heterocycles. The fourth-order valence-electron chi connectivity index (χ4n) is 3.50. The van der Waals surface area contributed by atoms with Crippen molar-refractivity contribution in [2.24, 2.45) is 0 Å². The van der Waals surface area contributed by atoms with E-state index in [9.17, 15) is 0 Å². The number of nitrogens with zero attached hydrogens (tertiary/aromatic N) is 1. The smallest absolute Gasteiger partial charge is 0.0323 e. The van der Waals surface area contributed by atoms with Crippen molar-refractivity contribution in [1.29, 1.82) is 0 Å². The summed E-state index contributed by atoms with van der Waals surface area (Å²) in [6, 6.07) is 8.05. The highest BCUT2D eigenvalue weighted by Crippen LogP contribution is 2.25. The molecule has 1 N–H and O–H groups in total. The predicted octanol–water partition coefficient (Wildman–Crippen LogP) is 4.22. The standard InChI is InChI=1S/C19H32N2/c1-5-12-21(14-18-8-6-7-11-20-18)17(4)19-13-15(2)9-10-16(19)3/h9-10,13,17-18,20H,5-8,11-12,14H2,1-4H3. The Hall–Kier alpha value is -0.860. The summed E-state index contributed by atoms with van der Waals surface area (Å²) >= 11 is 0. The summed E-state index contributed by atoms with van der Waals surface area (Å²) in [6.45, 7) is 12.7. The molecular formula is C19H32N2. The molecule has 0 bridgehead atoms. The Morgan fingerprint density at radius 1 is 1.29 bits per heavy atom. The fourth-order valence-corrected chi connectivity index (χ4v) is 3.50. The molecule has 0 radical (unpaired) electrons. The number of rotatable bonds is 6. The summed E-state index contributed by atoms with van der Waals surface area (Å²) in [5, 5.41) is 3.70. The van der Waals surface area contributed by atoms with Crippen molar-refractivity contribution in [2.45, 2.75) is 65.5 Å². The van der Waals surface area contributed by atoms with Crippen LogP contribution in [0.2, 0.25) is 0 Å². The van der Waals surface area contributed by atoms with Crippen LogP contribution in [0.25, 0.3) is 0 Å². The van der Waals surface area contributed by atoms with E-state index in [0.29, 0.717) is 12.1 Å². The molecule has 2 nitrogen and oxygen atoms in total. The third-order valence-corrected chi connectivity index (χ3v) is 4.81. The first-order valence-corrected chi connectivity index (χ1v) is 8.66. The second kappa shape index (κ2) is 7.95. The van der Waals surface area contributed by atoms with Crippen LogP contribution >= 0.6 is 0 Å². The summed E-state index contributed by atoms with van der Waals surface area (Å²) in [5.41, 5.74) is 4.29. The maximum Gasteiger partial charge on any atom is 0.0323 e. The maximum atomic E-state index is 3.70. The van der Waals surface area contributed by atoms with Crippen LogP contribution < -0.4 is 5.32 Å². The number of hydrogen-bond donors (Lipinski definition) is 1. The van der Waals surface area contributed by atoms with E-state index in [1.807, 2.05) is 0 Å². The Morgan fingerprint density at radius 3 is 2.76 bits per heavy atom. The van der Waals surface area contributed by atoms with Gasteiger partial charge in [0, 0.05) is 18.6 Å². The van der Waals surface area contributed by atoms with Crippen LogP contribution in [0.3, 0.4) is 0 Å². The zero-order valence-corrected chi connectivity index (χ0v) is 14.3. The SMILES string of the molecule is CCCN(CC1CCCCN1)C(C)c1cc(C)ccc1C. The molecule has 1 aliphatic heterocycles. The van der Waals surface area contributed by atoms with Gasteiger partial charge in [-0.2, -0.15) is 0 Å². The Morgan fingerprint density at radius 2 is 2.10 bits per heavy atom. The topological polar surface area (TPSA) is 15.3 Å². The van der Waals surface area contributed by atoms with E-state index < -0.39 is 0 Å². The molecule has 21 heavy (non-hydrogen) atoms. The summed E-state index contributed by atoms with van der Waals surface area (Å²) in [6.07, 6.45) is 5.29. The van der Waals surface area contributed by atoms with Crippen molar-refractivity contribution >= 4 is 0 Å². The van der Waals surface area contributed by atoms with Gasteiger partial charge in [-0.25, -0.2) is 0 Å². The number of piperidine rings is 1. The predicted molar refractivity (Wildman–Crippen MR) is 91.8 cm³/mol. The van der Waals surface area contributed by atoms with E-state index in [1.165, 1.54) is 62.0 Å². The van der Waals surface area contributed by atoms with E-state index >= 15 is 0 Å². The maximum absolute atomic E-state index is 3.70. The molecule has 0 aromatic heterocycles. The number of hydrogen-bond acceptors (Lipinski definition) is 2. The first-order chi connectivity index (χ1) is 10.1. The lowest BCUT2D eigenvalue weighted by Gasteiger charge is -2.35. The Bertz CT molecular complexity index is 435. The van der Waals surface area contributed by atoms with Gasteiger partial charge in [-0.3, -0.25) is 4.90 Å². The van der Waals surface area contributed by atoms with E-state index in [0.717, 1.165) is 0 Å². The highest BCUT2D eigenvalue weighted by atomic mass is 15.2. The van der Waals surface area contributed by atoms with E-state index in [2.05, 4.69) is 56.1 Å². The van der Waals surface area contributed by atoms with Gasteiger partial charge in [0.2, 0.25) is 0 Å². The second-order valence-electron chi connectivity index (χ2n) is 6.68. The van der Waals surface area contributed by atoms with Crippen LogP contribution in [0.1, 0.15) is 62.3 Å². The third kappa shape index (κ3) is 4.55. The van der Waals surface area contributed by atoms with Crippen molar-refractivity contribution < 1.29 is 0 Å². The summed E-state index contributed by atoms with van der Waals surface area (Å²) in [7, 11) is 0. The average molecular weight is 288 g/mol. The molecule has 2 unspecified atom stereocenters. The van der Waals surface area contributed by atoms with Crippen LogP contribution in [0.4, 0.5) is 0 Å². The molecule has 2 atom stereocenters. The Balaban J connectivity index is 2.10. The molecule has 1 fully saturated rings. The zero-order chi connectivity index (χ0) is 15.2. The van der Waals surface area contributed by atoms with Gasteiger partial charge in [-0.15, -0.1) is 0 Å². The van der Waals surface area contributed by atoms with Crippen LogP contribution in [-0.2, 0) is 0 Å². The summed E-state index contributed by atoms with van der Waals surface area (Å²) in [5.74, 6) is 0. The van der Waals surface area contributed by atoms with E-state index in [1.54, 1.807) is 0 Å². The van der Waals surface area contributed by atoms with Gasteiger partial charge in [0.15, 0.2) is 0 Å². The van der Waals surface area contributed by atoms with Crippen LogP contribution in [0.15, 0.2) is 18.2 Å². The van der Waals surface area contributed by atoms with E-state index in [4.69, 9.17) is 0 Å². The molecule has 1 aromatic rings. The summed E-state index contributed by atoms with van der Waals surface area (Å²) < 4.78 is 0. The molecule has 2 heteroatoms. The lowest BCUT2D eigenvalue weighted by atomic mass is 9.97. The molecule has 1 saturated heterocycles. The number of aryl methyl sites for hydroxylation is 2. The van der Waals surface area contributed by atoms with Crippen LogP contribution in [0.5, 0.6) is 0 Å². The average Bonchev–Trinajstić information content (AvgIpc) is 2.49. The molecular weight excluding hydrogens is 256 g/mol. The first-order valence-electron chi connectivity index (χ1n) is 8.66. The van der Waals surface area contributed by atoms with Crippen molar-refractivity contribution in [3.05, 3.63) is 34.9 Å². The molecule has 0 aliphatic carbocycles. The molecule has 1 aliphatic rings. The largest absolute Gasteiger partial charge is 0.313 e. The van der Waals surface area contributed by atoms with Gasteiger partial charge >= 0.3 is 0 Å². The van der Waals surface area contributed by atoms with Crippen molar-refractivity contribution in [1.82, 2.24) is 10.2 Å². The van der Waals surface area contributed by atoms with Gasteiger partial charge in [0.25, 0.3) is 0 Å².